The summed E-state index contributed by atoms with van der Waals surface area (Å²) in [6.45, 7) is 1.76. The summed E-state index contributed by atoms with van der Waals surface area (Å²) >= 11 is 1.17. The third-order valence-corrected chi connectivity index (χ3v) is 6.01. The molecule has 7 nitrogen and oxygen atoms in total. The van der Waals surface area contributed by atoms with E-state index in [2.05, 4.69) is 20.0 Å². The van der Waals surface area contributed by atoms with Crippen molar-refractivity contribution < 1.29 is 8.42 Å². The van der Waals surface area contributed by atoms with Gasteiger partial charge in [-0.15, -0.1) is 10.2 Å². The van der Waals surface area contributed by atoms with Crippen molar-refractivity contribution in [2.24, 2.45) is 0 Å². The minimum atomic E-state index is -3.89. The van der Waals surface area contributed by atoms with E-state index in [1.165, 1.54) is 17.5 Å². The third kappa shape index (κ3) is 3.60. The van der Waals surface area contributed by atoms with Crippen molar-refractivity contribution in [2.75, 3.05) is 4.72 Å². The summed E-state index contributed by atoms with van der Waals surface area (Å²) < 4.78 is 30.1. The van der Waals surface area contributed by atoms with E-state index in [4.69, 9.17) is 0 Å². The maximum Gasteiger partial charge on any atom is 0.267 e. The van der Waals surface area contributed by atoms with Crippen molar-refractivity contribution in [2.45, 2.75) is 11.8 Å². The molecule has 0 spiro atoms. The number of hydrogen-bond donors (Lipinski definition) is 1. The quantitative estimate of drug-likeness (QED) is 0.557. The van der Waals surface area contributed by atoms with Gasteiger partial charge in [0.25, 0.3) is 10.0 Å². The van der Waals surface area contributed by atoms with E-state index in [1.807, 2.05) is 60.7 Å². The normalized spacial score (nSPS) is 11.4. The van der Waals surface area contributed by atoms with Gasteiger partial charge in [0.15, 0.2) is 0 Å². The van der Waals surface area contributed by atoms with E-state index >= 15 is 0 Å². The number of anilines is 1. The highest BCUT2D eigenvalue weighted by Gasteiger charge is 2.25. The van der Waals surface area contributed by atoms with Crippen LogP contribution in [0, 0.1) is 6.92 Å². The molecule has 0 unspecified atom stereocenters. The number of aryl methyl sites for hydroxylation is 1. The van der Waals surface area contributed by atoms with Gasteiger partial charge < -0.3 is 0 Å². The lowest BCUT2D eigenvalue weighted by atomic mass is 10.2. The van der Waals surface area contributed by atoms with Gasteiger partial charge in [-0.05, 0) is 19.1 Å². The summed E-state index contributed by atoms with van der Waals surface area (Å²) in [6.07, 6.45) is 1.51. The van der Waals surface area contributed by atoms with E-state index in [0.717, 1.165) is 5.69 Å². The monoisotopic (exact) mass is 397 g/mol. The van der Waals surface area contributed by atoms with Crippen molar-refractivity contribution in [1.29, 1.82) is 0 Å². The molecule has 0 radical (unpaired) electrons. The molecule has 0 bridgehead atoms. The fourth-order valence-electron chi connectivity index (χ4n) is 2.57. The zero-order valence-electron chi connectivity index (χ0n) is 14.3. The number of benzene rings is 2. The number of nitrogens with one attached hydrogen (secondary N) is 1. The molecule has 0 amide bonds. The van der Waals surface area contributed by atoms with Crippen LogP contribution in [0.15, 0.2) is 71.8 Å². The van der Waals surface area contributed by atoms with Gasteiger partial charge >= 0.3 is 0 Å². The molecule has 0 saturated carbocycles. The summed E-state index contributed by atoms with van der Waals surface area (Å²) in [5.74, 6) is 0. The molecule has 0 fully saturated rings. The minimum absolute atomic E-state index is 0.0745. The molecular formula is C18H15N5O2S2. The standard InChI is InChI=1S/C18H15N5O2S2/c1-13-19-20-18(26-13)22-27(24,25)16-12-23(15-10-6-3-7-11-15)21-17(16)14-8-4-2-5-9-14/h2-12H,1H3,(H,20,22). The smallest absolute Gasteiger partial charge is 0.253 e. The highest BCUT2D eigenvalue weighted by molar-refractivity contribution is 7.93. The van der Waals surface area contributed by atoms with Crippen LogP contribution < -0.4 is 4.72 Å². The Hall–Kier alpha value is -3.04. The summed E-state index contributed by atoms with van der Waals surface area (Å²) in [7, 11) is -3.89. The maximum absolute atomic E-state index is 13.0. The molecule has 0 atom stereocenters. The Morgan fingerprint density at radius 1 is 0.963 bits per heavy atom. The Labute approximate surface area is 160 Å². The summed E-state index contributed by atoms with van der Waals surface area (Å²) in [5, 5.41) is 13.1. The molecule has 0 aliphatic heterocycles. The predicted molar refractivity (Wildman–Crippen MR) is 104 cm³/mol. The van der Waals surface area contributed by atoms with Gasteiger partial charge in [0.2, 0.25) is 5.13 Å². The molecule has 0 aliphatic rings. The number of para-hydroxylation sites is 1. The van der Waals surface area contributed by atoms with Gasteiger partial charge in [0.05, 0.1) is 11.9 Å². The lowest BCUT2D eigenvalue weighted by molar-refractivity contribution is 0.601. The van der Waals surface area contributed by atoms with Crippen LogP contribution in [0.1, 0.15) is 5.01 Å². The number of nitrogens with zero attached hydrogens (tertiary/aromatic N) is 4. The van der Waals surface area contributed by atoms with Gasteiger partial charge in [-0.3, -0.25) is 4.72 Å². The summed E-state index contributed by atoms with van der Waals surface area (Å²) in [4.78, 5) is 0.0745. The molecule has 2 aromatic carbocycles. The van der Waals surface area contributed by atoms with Gasteiger partial charge in [0, 0.05) is 5.56 Å². The Morgan fingerprint density at radius 2 is 1.63 bits per heavy atom. The highest BCUT2D eigenvalue weighted by atomic mass is 32.2. The molecule has 4 aromatic rings. The van der Waals surface area contributed by atoms with Crippen LogP contribution in [-0.2, 0) is 10.0 Å². The molecule has 0 aliphatic carbocycles. The van der Waals surface area contributed by atoms with E-state index in [-0.39, 0.29) is 10.0 Å². The Kier molecular flexibility index (Phi) is 4.46. The number of hydrogen-bond acceptors (Lipinski definition) is 6. The zero-order valence-corrected chi connectivity index (χ0v) is 15.9. The van der Waals surface area contributed by atoms with Gasteiger partial charge in [-0.1, -0.05) is 59.9 Å². The Balaban J connectivity index is 1.84. The van der Waals surface area contributed by atoms with Gasteiger partial charge in [-0.25, -0.2) is 13.1 Å². The summed E-state index contributed by atoms with van der Waals surface area (Å²) in [5.41, 5.74) is 1.84. The fourth-order valence-corrected chi connectivity index (χ4v) is 4.54. The first-order valence-corrected chi connectivity index (χ1v) is 10.4. The second-order valence-electron chi connectivity index (χ2n) is 5.72. The van der Waals surface area contributed by atoms with Crippen molar-refractivity contribution in [1.82, 2.24) is 20.0 Å². The van der Waals surface area contributed by atoms with Crippen molar-refractivity contribution in [3.63, 3.8) is 0 Å². The maximum atomic E-state index is 13.0. The van der Waals surface area contributed by atoms with Crippen LogP contribution in [0.25, 0.3) is 16.9 Å². The molecule has 27 heavy (non-hydrogen) atoms. The molecular weight excluding hydrogens is 382 g/mol. The van der Waals surface area contributed by atoms with Crippen LogP contribution in [-0.4, -0.2) is 28.4 Å². The Bertz CT molecular complexity index is 1170. The first-order valence-electron chi connectivity index (χ1n) is 8.06. The average molecular weight is 397 g/mol. The van der Waals surface area contributed by atoms with Crippen molar-refractivity contribution >= 4 is 26.5 Å². The molecule has 9 heteroatoms. The van der Waals surface area contributed by atoms with Crippen LogP contribution in [0.5, 0.6) is 0 Å². The zero-order chi connectivity index (χ0) is 18.9. The lowest BCUT2D eigenvalue weighted by Gasteiger charge is -2.04. The van der Waals surface area contributed by atoms with Crippen molar-refractivity contribution in [3.05, 3.63) is 71.9 Å². The summed E-state index contributed by atoms with van der Waals surface area (Å²) in [6, 6.07) is 18.6. The molecule has 2 aromatic heterocycles. The van der Waals surface area contributed by atoms with Crippen LogP contribution in [0.2, 0.25) is 0 Å². The van der Waals surface area contributed by atoms with Crippen LogP contribution >= 0.6 is 11.3 Å². The SMILES string of the molecule is Cc1nnc(NS(=O)(=O)c2cn(-c3ccccc3)nc2-c2ccccc2)s1. The second kappa shape index (κ2) is 6.93. The minimum Gasteiger partial charge on any atom is -0.253 e. The highest BCUT2D eigenvalue weighted by Crippen LogP contribution is 2.29. The number of aromatic nitrogens is 4. The van der Waals surface area contributed by atoms with E-state index in [0.29, 0.717) is 16.3 Å². The predicted octanol–water partition coefficient (Wildman–Crippen LogP) is 3.50. The first-order chi connectivity index (χ1) is 13.0. The molecule has 2 heterocycles. The first kappa shape index (κ1) is 17.4. The molecule has 1 N–H and O–H groups in total. The largest absolute Gasteiger partial charge is 0.267 e. The number of sulfonamides is 1. The van der Waals surface area contributed by atoms with E-state index in [1.54, 1.807) is 11.6 Å². The lowest BCUT2D eigenvalue weighted by Crippen LogP contribution is -2.13. The molecule has 4 rings (SSSR count). The van der Waals surface area contributed by atoms with Crippen LogP contribution in [0.4, 0.5) is 5.13 Å². The Morgan fingerprint density at radius 3 is 2.26 bits per heavy atom. The fraction of sp³-hybridized carbons (Fsp3) is 0.0556. The van der Waals surface area contributed by atoms with Gasteiger partial charge in [-0.2, -0.15) is 5.10 Å². The second-order valence-corrected chi connectivity index (χ2v) is 8.55. The number of rotatable bonds is 5. The topological polar surface area (TPSA) is 89.8 Å². The van der Waals surface area contributed by atoms with E-state index < -0.39 is 10.0 Å². The third-order valence-electron chi connectivity index (χ3n) is 3.79. The van der Waals surface area contributed by atoms with Gasteiger partial charge in [0.1, 0.15) is 15.6 Å². The van der Waals surface area contributed by atoms with Crippen molar-refractivity contribution in [3.8, 4) is 16.9 Å². The molecule has 136 valence electrons. The molecule has 0 saturated heterocycles. The van der Waals surface area contributed by atoms with Crippen LogP contribution in [0.3, 0.4) is 0 Å². The van der Waals surface area contributed by atoms with E-state index in [9.17, 15) is 8.42 Å². The average Bonchev–Trinajstić information content (AvgIpc) is 3.30.